The Morgan fingerprint density at radius 3 is 2.67 bits per heavy atom. The molecule has 1 N–H and O–H groups in total. The molecule has 0 saturated carbocycles. The van der Waals surface area contributed by atoms with Crippen LogP contribution in [0.15, 0.2) is 42.5 Å². The zero-order valence-electron chi connectivity index (χ0n) is 9.71. The molecule has 0 unspecified atom stereocenters. The highest BCUT2D eigenvalue weighted by Gasteiger charge is 2.08. The van der Waals surface area contributed by atoms with Crippen molar-refractivity contribution in [3.8, 4) is 0 Å². The Morgan fingerprint density at radius 1 is 1.22 bits per heavy atom. The number of nitrogens with one attached hydrogen (secondary N) is 1. The first kappa shape index (κ1) is 13.4. The second-order valence-corrected chi connectivity index (χ2v) is 5.60. The van der Waals surface area contributed by atoms with Crippen molar-refractivity contribution in [1.29, 1.82) is 0 Å². The minimum atomic E-state index is -0.153. The predicted octanol–water partition coefficient (Wildman–Crippen LogP) is 4.51. The zero-order valence-corrected chi connectivity index (χ0v) is 12.6. The lowest BCUT2D eigenvalue weighted by Gasteiger charge is -2.08. The molecule has 1 amide bonds. The van der Waals surface area contributed by atoms with Gasteiger partial charge < -0.3 is 5.32 Å². The number of carbonyl (C=O) groups excluding carboxylic acids is 1. The van der Waals surface area contributed by atoms with Gasteiger partial charge in [0, 0.05) is 9.13 Å². The van der Waals surface area contributed by atoms with E-state index in [1.54, 1.807) is 6.07 Å². The molecule has 2 aromatic carbocycles. The lowest BCUT2D eigenvalue weighted by atomic mass is 10.2. The van der Waals surface area contributed by atoms with E-state index in [4.69, 9.17) is 11.6 Å². The maximum atomic E-state index is 12.0. The van der Waals surface area contributed by atoms with Crippen LogP contribution in [0.25, 0.3) is 0 Å². The Bertz CT molecular complexity index is 598. The van der Waals surface area contributed by atoms with E-state index >= 15 is 0 Å². The van der Waals surface area contributed by atoms with Crippen molar-refractivity contribution >= 4 is 45.8 Å². The molecule has 2 nitrogen and oxygen atoms in total. The Kier molecular flexibility index (Phi) is 4.24. The minimum absolute atomic E-state index is 0.153. The van der Waals surface area contributed by atoms with Crippen LogP contribution in [0.1, 0.15) is 15.9 Å². The molecule has 0 saturated heterocycles. The van der Waals surface area contributed by atoms with Crippen molar-refractivity contribution in [1.82, 2.24) is 0 Å². The summed E-state index contributed by atoms with van der Waals surface area (Å²) in [5.74, 6) is -0.153. The van der Waals surface area contributed by atoms with Gasteiger partial charge in [-0.25, -0.2) is 0 Å². The number of halogens is 2. The average molecular weight is 372 g/mol. The van der Waals surface area contributed by atoms with Crippen LogP contribution in [0.5, 0.6) is 0 Å². The summed E-state index contributed by atoms with van der Waals surface area (Å²) in [5, 5.41) is 3.36. The molecular formula is C14H11ClINO. The fourth-order valence-electron chi connectivity index (χ4n) is 1.55. The van der Waals surface area contributed by atoms with Crippen LogP contribution < -0.4 is 5.32 Å². The predicted molar refractivity (Wildman–Crippen MR) is 83.3 cm³/mol. The van der Waals surface area contributed by atoms with Crippen LogP contribution in [0.2, 0.25) is 5.02 Å². The van der Waals surface area contributed by atoms with Gasteiger partial charge in [-0.2, -0.15) is 0 Å². The molecule has 0 spiro atoms. The second-order valence-electron chi connectivity index (χ2n) is 3.95. The molecule has 0 heterocycles. The quantitative estimate of drug-likeness (QED) is 0.774. The fraction of sp³-hybridized carbons (Fsp3) is 0.0714. The summed E-state index contributed by atoms with van der Waals surface area (Å²) >= 11 is 8.25. The van der Waals surface area contributed by atoms with E-state index in [1.165, 1.54) is 0 Å². The molecule has 2 aromatic rings. The average Bonchev–Trinajstić information content (AvgIpc) is 2.32. The molecule has 0 aromatic heterocycles. The van der Waals surface area contributed by atoms with E-state index in [2.05, 4.69) is 27.9 Å². The summed E-state index contributed by atoms with van der Waals surface area (Å²) in [6, 6.07) is 13.0. The number of hydrogen-bond acceptors (Lipinski definition) is 1. The van der Waals surface area contributed by atoms with Gasteiger partial charge in [0.1, 0.15) is 0 Å². The molecule has 2 rings (SSSR count). The molecule has 92 valence electrons. The number of anilines is 1. The van der Waals surface area contributed by atoms with Crippen molar-refractivity contribution in [2.75, 3.05) is 5.32 Å². The number of benzene rings is 2. The van der Waals surface area contributed by atoms with Gasteiger partial charge in [0.15, 0.2) is 0 Å². The summed E-state index contributed by atoms with van der Waals surface area (Å²) in [6.45, 7) is 1.96. The zero-order chi connectivity index (χ0) is 13.1. The number of carbonyl (C=O) groups is 1. The van der Waals surface area contributed by atoms with Crippen LogP contribution in [0.3, 0.4) is 0 Å². The van der Waals surface area contributed by atoms with Crippen LogP contribution in [-0.4, -0.2) is 5.91 Å². The molecule has 18 heavy (non-hydrogen) atoms. The number of amides is 1. The second kappa shape index (κ2) is 5.71. The number of hydrogen-bond donors (Lipinski definition) is 1. The van der Waals surface area contributed by atoms with Crippen LogP contribution >= 0.6 is 34.2 Å². The number of rotatable bonds is 2. The maximum Gasteiger partial charge on any atom is 0.255 e. The Hall–Kier alpha value is -1.07. The van der Waals surface area contributed by atoms with Crippen molar-refractivity contribution in [2.45, 2.75) is 6.92 Å². The smallest absolute Gasteiger partial charge is 0.255 e. The van der Waals surface area contributed by atoms with E-state index in [0.717, 1.165) is 9.13 Å². The highest BCUT2D eigenvalue weighted by atomic mass is 127. The van der Waals surface area contributed by atoms with Gasteiger partial charge in [0.05, 0.1) is 10.7 Å². The summed E-state index contributed by atoms with van der Waals surface area (Å²) in [6.07, 6.45) is 0. The summed E-state index contributed by atoms with van der Waals surface area (Å²) in [7, 11) is 0. The third-order valence-electron chi connectivity index (χ3n) is 2.46. The maximum absolute atomic E-state index is 12.0. The van der Waals surface area contributed by atoms with Crippen molar-refractivity contribution in [2.24, 2.45) is 0 Å². The lowest BCUT2D eigenvalue weighted by Crippen LogP contribution is -2.12. The molecule has 0 aliphatic carbocycles. The largest absolute Gasteiger partial charge is 0.321 e. The molecule has 0 radical (unpaired) electrons. The minimum Gasteiger partial charge on any atom is -0.321 e. The molecule has 0 aliphatic heterocycles. The van der Waals surface area contributed by atoms with E-state index in [1.807, 2.05) is 43.3 Å². The van der Waals surface area contributed by atoms with E-state index in [-0.39, 0.29) is 5.91 Å². The molecular weight excluding hydrogens is 361 g/mol. The van der Waals surface area contributed by atoms with Crippen molar-refractivity contribution in [3.63, 3.8) is 0 Å². The molecule has 0 aliphatic rings. The SMILES string of the molecule is Cc1ccc(NC(=O)c2cccc(I)c2)c(Cl)c1. The van der Waals surface area contributed by atoms with Gasteiger partial charge in [0.25, 0.3) is 5.91 Å². The fourth-order valence-corrected chi connectivity index (χ4v) is 2.37. The van der Waals surface area contributed by atoms with Gasteiger partial charge >= 0.3 is 0 Å². The van der Waals surface area contributed by atoms with Crippen LogP contribution in [0, 0.1) is 10.5 Å². The van der Waals surface area contributed by atoms with Gasteiger partial charge in [-0.15, -0.1) is 0 Å². The molecule has 0 fully saturated rings. The van der Waals surface area contributed by atoms with Crippen LogP contribution in [-0.2, 0) is 0 Å². The Labute approximate surface area is 124 Å². The van der Waals surface area contributed by atoms with Crippen molar-refractivity contribution in [3.05, 3.63) is 62.2 Å². The number of aryl methyl sites for hydroxylation is 1. The molecule has 4 heteroatoms. The Morgan fingerprint density at radius 2 is 2.00 bits per heavy atom. The lowest BCUT2D eigenvalue weighted by molar-refractivity contribution is 0.102. The standard InChI is InChI=1S/C14H11ClINO/c1-9-5-6-13(12(15)7-9)17-14(18)10-3-2-4-11(16)8-10/h2-8H,1H3,(H,17,18). The van der Waals surface area contributed by atoms with Gasteiger partial charge in [-0.3, -0.25) is 4.79 Å². The van der Waals surface area contributed by atoms with E-state index < -0.39 is 0 Å². The Balaban J connectivity index is 2.21. The summed E-state index contributed by atoms with van der Waals surface area (Å²) < 4.78 is 1.02. The van der Waals surface area contributed by atoms with Gasteiger partial charge in [0.2, 0.25) is 0 Å². The van der Waals surface area contributed by atoms with Crippen molar-refractivity contribution < 1.29 is 4.79 Å². The third-order valence-corrected chi connectivity index (χ3v) is 3.44. The first-order valence-corrected chi connectivity index (χ1v) is 6.85. The third kappa shape index (κ3) is 3.23. The highest BCUT2D eigenvalue weighted by molar-refractivity contribution is 14.1. The first-order chi connectivity index (χ1) is 8.56. The monoisotopic (exact) mass is 371 g/mol. The van der Waals surface area contributed by atoms with E-state index in [0.29, 0.717) is 16.3 Å². The highest BCUT2D eigenvalue weighted by Crippen LogP contribution is 2.23. The van der Waals surface area contributed by atoms with Gasteiger partial charge in [-0.1, -0.05) is 23.7 Å². The topological polar surface area (TPSA) is 29.1 Å². The first-order valence-electron chi connectivity index (χ1n) is 5.39. The molecule has 0 bridgehead atoms. The molecule has 0 atom stereocenters. The normalized spacial score (nSPS) is 10.2. The van der Waals surface area contributed by atoms with Crippen LogP contribution in [0.4, 0.5) is 5.69 Å². The summed E-state index contributed by atoms with van der Waals surface area (Å²) in [4.78, 5) is 12.0. The summed E-state index contributed by atoms with van der Waals surface area (Å²) in [5.41, 5.74) is 2.32. The van der Waals surface area contributed by atoms with Gasteiger partial charge in [-0.05, 0) is 65.4 Å². The van der Waals surface area contributed by atoms with E-state index in [9.17, 15) is 4.79 Å².